The van der Waals surface area contributed by atoms with Crippen LogP contribution in [0.25, 0.3) is 6.08 Å². The van der Waals surface area contributed by atoms with E-state index >= 15 is 0 Å². The van der Waals surface area contributed by atoms with Gasteiger partial charge in [0.25, 0.3) is 0 Å². The van der Waals surface area contributed by atoms with Crippen molar-refractivity contribution >= 4 is 28.5 Å². The van der Waals surface area contributed by atoms with Crippen LogP contribution in [0.3, 0.4) is 0 Å². The molecule has 0 fully saturated rings. The third kappa shape index (κ3) is 4.56. The van der Waals surface area contributed by atoms with E-state index in [4.69, 9.17) is 9.47 Å². The van der Waals surface area contributed by atoms with Crippen LogP contribution in [0, 0.1) is 0 Å². The molecule has 1 amide bonds. The minimum atomic E-state index is -0.262. The van der Waals surface area contributed by atoms with Crippen molar-refractivity contribution in [2.45, 2.75) is 13.3 Å². The Morgan fingerprint density at radius 1 is 1.41 bits per heavy atom. The molecule has 0 atom stereocenters. The van der Waals surface area contributed by atoms with Crippen molar-refractivity contribution in [3.63, 3.8) is 0 Å². The molecule has 116 valence electrons. The number of aromatic nitrogens is 2. The van der Waals surface area contributed by atoms with Gasteiger partial charge >= 0.3 is 0 Å². The highest BCUT2D eigenvalue weighted by Gasteiger charge is 2.05. The maximum absolute atomic E-state index is 11.7. The molecular formula is C15H17N3O3S. The van der Waals surface area contributed by atoms with Gasteiger partial charge in [-0.3, -0.25) is 10.1 Å². The predicted octanol–water partition coefficient (Wildman–Crippen LogP) is 2.99. The summed E-state index contributed by atoms with van der Waals surface area (Å²) in [7, 11) is 1.59. The van der Waals surface area contributed by atoms with Crippen LogP contribution < -0.4 is 14.8 Å². The normalized spacial score (nSPS) is 10.6. The van der Waals surface area contributed by atoms with Crippen LogP contribution in [0.2, 0.25) is 0 Å². The molecule has 0 aliphatic rings. The first kappa shape index (κ1) is 16.0. The summed E-state index contributed by atoms with van der Waals surface area (Å²) in [5.41, 5.74) is 2.40. The number of methoxy groups -OCH3 is 1. The number of nitrogens with zero attached hydrogens (tertiary/aromatic N) is 2. The van der Waals surface area contributed by atoms with Crippen LogP contribution >= 0.6 is 11.3 Å². The molecule has 1 aromatic carbocycles. The third-order valence-electron chi connectivity index (χ3n) is 2.67. The van der Waals surface area contributed by atoms with Gasteiger partial charge < -0.3 is 9.47 Å². The lowest BCUT2D eigenvalue weighted by atomic mass is 10.2. The molecule has 6 nitrogen and oxygen atoms in total. The standard InChI is InChI=1S/C15H17N3O3S/c1-3-8-21-12-6-4-11(9-13(12)20-2)5-7-14(19)17-15-18-16-10-22-15/h4-7,9-10H,3,8H2,1-2H3,(H,17,18,19)/b7-5+. The second-order valence-electron chi connectivity index (χ2n) is 4.33. The SMILES string of the molecule is CCCOc1ccc(/C=C/C(=O)Nc2nncs2)cc1OC. The maximum Gasteiger partial charge on any atom is 0.250 e. The Kier molecular flexibility index (Phi) is 5.91. The fourth-order valence-electron chi connectivity index (χ4n) is 1.67. The smallest absolute Gasteiger partial charge is 0.250 e. The van der Waals surface area contributed by atoms with E-state index in [9.17, 15) is 4.79 Å². The van der Waals surface area contributed by atoms with Crippen LogP contribution in [0.15, 0.2) is 29.8 Å². The highest BCUT2D eigenvalue weighted by atomic mass is 32.1. The highest BCUT2D eigenvalue weighted by molar-refractivity contribution is 7.13. The average molecular weight is 319 g/mol. The van der Waals surface area contributed by atoms with Gasteiger partial charge in [0, 0.05) is 6.08 Å². The number of benzene rings is 1. The molecule has 0 bridgehead atoms. The van der Waals surface area contributed by atoms with Gasteiger partial charge in [-0.2, -0.15) is 0 Å². The van der Waals surface area contributed by atoms with Crippen molar-refractivity contribution in [2.75, 3.05) is 19.0 Å². The number of nitrogens with one attached hydrogen (secondary N) is 1. The minimum absolute atomic E-state index is 0.262. The summed E-state index contributed by atoms with van der Waals surface area (Å²) in [6.07, 6.45) is 4.06. The molecule has 0 radical (unpaired) electrons. The topological polar surface area (TPSA) is 73.3 Å². The van der Waals surface area contributed by atoms with E-state index < -0.39 is 0 Å². The number of hydrogen-bond acceptors (Lipinski definition) is 6. The first-order valence-corrected chi connectivity index (χ1v) is 7.67. The zero-order valence-corrected chi connectivity index (χ0v) is 13.2. The molecule has 7 heteroatoms. The summed E-state index contributed by atoms with van der Waals surface area (Å²) in [5, 5.41) is 10.5. The number of ether oxygens (including phenoxy) is 2. The van der Waals surface area contributed by atoms with E-state index in [2.05, 4.69) is 15.5 Å². The number of amides is 1. The Morgan fingerprint density at radius 3 is 2.95 bits per heavy atom. The lowest BCUT2D eigenvalue weighted by Crippen LogP contribution is -2.07. The molecule has 0 spiro atoms. The van der Waals surface area contributed by atoms with E-state index in [1.807, 2.05) is 25.1 Å². The molecule has 0 saturated carbocycles. The highest BCUT2D eigenvalue weighted by Crippen LogP contribution is 2.28. The second-order valence-corrected chi connectivity index (χ2v) is 5.16. The van der Waals surface area contributed by atoms with Crippen molar-refractivity contribution in [3.05, 3.63) is 35.3 Å². The number of hydrogen-bond donors (Lipinski definition) is 1. The van der Waals surface area contributed by atoms with Gasteiger partial charge in [0.05, 0.1) is 13.7 Å². The maximum atomic E-state index is 11.7. The van der Waals surface area contributed by atoms with E-state index in [0.29, 0.717) is 23.2 Å². The van der Waals surface area contributed by atoms with E-state index in [1.54, 1.807) is 18.7 Å². The van der Waals surface area contributed by atoms with E-state index in [-0.39, 0.29) is 5.91 Å². The molecule has 1 aromatic heterocycles. The summed E-state index contributed by atoms with van der Waals surface area (Å²) in [6.45, 7) is 2.68. The van der Waals surface area contributed by atoms with Crippen molar-refractivity contribution in [1.82, 2.24) is 10.2 Å². The number of anilines is 1. The first-order valence-electron chi connectivity index (χ1n) is 6.79. The molecular weight excluding hydrogens is 302 g/mol. The molecule has 0 aliphatic carbocycles. The Hall–Kier alpha value is -2.41. The molecule has 22 heavy (non-hydrogen) atoms. The van der Waals surface area contributed by atoms with Crippen LogP contribution in [0.4, 0.5) is 5.13 Å². The van der Waals surface area contributed by atoms with E-state index in [0.717, 1.165) is 12.0 Å². The van der Waals surface area contributed by atoms with Crippen molar-refractivity contribution < 1.29 is 14.3 Å². The van der Waals surface area contributed by atoms with Crippen molar-refractivity contribution in [3.8, 4) is 11.5 Å². The summed E-state index contributed by atoms with van der Waals surface area (Å²) in [5.74, 6) is 1.07. The van der Waals surface area contributed by atoms with Crippen LogP contribution in [-0.4, -0.2) is 29.8 Å². The molecule has 1 heterocycles. The molecule has 2 aromatic rings. The Balaban J connectivity index is 2.02. The molecule has 0 saturated heterocycles. The summed E-state index contributed by atoms with van der Waals surface area (Å²) < 4.78 is 10.9. The Labute approximate surface area is 132 Å². The zero-order chi connectivity index (χ0) is 15.8. The average Bonchev–Trinajstić information content (AvgIpc) is 3.04. The third-order valence-corrected chi connectivity index (χ3v) is 3.27. The summed E-state index contributed by atoms with van der Waals surface area (Å²) in [4.78, 5) is 11.7. The molecule has 0 aliphatic heterocycles. The minimum Gasteiger partial charge on any atom is -0.493 e. The van der Waals surface area contributed by atoms with Gasteiger partial charge in [-0.15, -0.1) is 10.2 Å². The largest absolute Gasteiger partial charge is 0.493 e. The van der Waals surface area contributed by atoms with Crippen LogP contribution in [-0.2, 0) is 4.79 Å². The molecule has 1 N–H and O–H groups in total. The lowest BCUT2D eigenvalue weighted by Gasteiger charge is -2.10. The zero-order valence-electron chi connectivity index (χ0n) is 12.4. The van der Waals surface area contributed by atoms with Gasteiger partial charge in [-0.25, -0.2) is 0 Å². The Morgan fingerprint density at radius 2 is 2.27 bits per heavy atom. The van der Waals surface area contributed by atoms with Gasteiger partial charge in [-0.1, -0.05) is 24.3 Å². The number of carbonyl (C=O) groups is 1. The van der Waals surface area contributed by atoms with Crippen LogP contribution in [0.1, 0.15) is 18.9 Å². The quantitative estimate of drug-likeness (QED) is 0.794. The van der Waals surface area contributed by atoms with Gasteiger partial charge in [-0.05, 0) is 30.2 Å². The van der Waals surface area contributed by atoms with Crippen molar-refractivity contribution in [2.24, 2.45) is 0 Å². The number of carbonyl (C=O) groups excluding carboxylic acids is 1. The fourth-order valence-corrected chi connectivity index (χ4v) is 2.11. The van der Waals surface area contributed by atoms with Crippen LogP contribution in [0.5, 0.6) is 11.5 Å². The summed E-state index contributed by atoms with van der Waals surface area (Å²) in [6, 6.07) is 5.51. The van der Waals surface area contributed by atoms with E-state index in [1.165, 1.54) is 17.4 Å². The fraction of sp³-hybridized carbons (Fsp3) is 0.267. The van der Waals surface area contributed by atoms with Gasteiger partial charge in [0.15, 0.2) is 11.5 Å². The Bertz CT molecular complexity index is 641. The predicted molar refractivity (Wildman–Crippen MR) is 86.4 cm³/mol. The molecule has 0 unspecified atom stereocenters. The first-order chi connectivity index (χ1) is 10.7. The van der Waals surface area contributed by atoms with Crippen molar-refractivity contribution in [1.29, 1.82) is 0 Å². The number of rotatable bonds is 7. The monoisotopic (exact) mass is 319 g/mol. The molecule has 2 rings (SSSR count). The summed E-state index contributed by atoms with van der Waals surface area (Å²) >= 11 is 1.26. The van der Waals surface area contributed by atoms with Gasteiger partial charge in [0.1, 0.15) is 5.51 Å². The lowest BCUT2D eigenvalue weighted by molar-refractivity contribution is -0.111. The van der Waals surface area contributed by atoms with Gasteiger partial charge in [0.2, 0.25) is 11.0 Å². The second kappa shape index (κ2) is 8.14.